The fourth-order valence-electron chi connectivity index (χ4n) is 9.56. The molecule has 0 aliphatic heterocycles. The zero-order chi connectivity index (χ0) is 51.1. The molecule has 0 aliphatic rings. The van der Waals surface area contributed by atoms with Crippen LogP contribution in [0.3, 0.4) is 0 Å². The van der Waals surface area contributed by atoms with E-state index < -0.39 is 0 Å². The predicted molar refractivity (Wildman–Crippen MR) is 302 cm³/mol. The number of ether oxygens (including phenoxy) is 3. The number of esters is 3. The average molecular weight is 986 g/mol. The number of rotatable bonds is 56. The van der Waals surface area contributed by atoms with Gasteiger partial charge in [0.05, 0.1) is 19.8 Å². The first kappa shape index (κ1) is 67.9. The van der Waals surface area contributed by atoms with E-state index in [1.165, 1.54) is 167 Å². The first-order valence-corrected chi connectivity index (χ1v) is 31.2. The van der Waals surface area contributed by atoms with Crippen LogP contribution in [0.2, 0.25) is 0 Å². The molecular formula is C64H120O6. The maximum absolute atomic E-state index is 12.8. The van der Waals surface area contributed by atoms with Crippen molar-refractivity contribution >= 4 is 17.9 Å². The van der Waals surface area contributed by atoms with Crippen LogP contribution in [0.1, 0.15) is 330 Å². The SMILES string of the molecule is CCCCCCC/C=C/C(CCCCCCCC(=O)OCC(C=CCCCCCCC(=O)OCC(CC)CCCC)CCCCCCCC)COC(=O)CCCCCCCCCCCCCCCCC. The van der Waals surface area contributed by atoms with Gasteiger partial charge in [0.2, 0.25) is 0 Å². The summed E-state index contributed by atoms with van der Waals surface area (Å²) in [5.74, 6) is 0.949. The van der Waals surface area contributed by atoms with Gasteiger partial charge < -0.3 is 14.2 Å². The first-order valence-electron chi connectivity index (χ1n) is 31.2. The molecular weight excluding hydrogens is 865 g/mol. The fraction of sp³-hybridized carbons (Fsp3) is 0.891. The molecule has 0 bridgehead atoms. The van der Waals surface area contributed by atoms with E-state index in [-0.39, 0.29) is 29.7 Å². The summed E-state index contributed by atoms with van der Waals surface area (Å²) in [6, 6.07) is 0. The number of hydrogen-bond acceptors (Lipinski definition) is 6. The van der Waals surface area contributed by atoms with Gasteiger partial charge in [-0.1, -0.05) is 271 Å². The minimum atomic E-state index is -0.0582. The molecule has 0 saturated heterocycles. The van der Waals surface area contributed by atoms with Gasteiger partial charge in [-0.3, -0.25) is 14.4 Å². The van der Waals surface area contributed by atoms with Gasteiger partial charge in [0, 0.05) is 31.1 Å². The molecule has 0 aromatic heterocycles. The van der Waals surface area contributed by atoms with Gasteiger partial charge in [-0.2, -0.15) is 0 Å². The Morgan fingerprint density at radius 3 is 0.929 bits per heavy atom. The van der Waals surface area contributed by atoms with E-state index in [0.717, 1.165) is 109 Å². The standard InChI is InChI=1S/C64H120O6/c1-6-11-15-18-21-22-23-24-25-26-27-28-30-38-45-54-63(66)69-58-61(50-42-35-29-19-16-12-7-2)52-44-37-33-40-47-55-64(67)70-57-60(49-41-34-20-17-13-8-3)51-43-36-31-32-39-46-53-62(65)68-56-59(10-5)48-14-9-4/h42-43,50-51,59-61H,6-41,44-49,52-58H2,1-5H3/b50-42+,51-43?. The van der Waals surface area contributed by atoms with E-state index in [4.69, 9.17) is 14.2 Å². The third kappa shape index (κ3) is 50.8. The lowest BCUT2D eigenvalue weighted by atomic mass is 9.99. The zero-order valence-corrected chi connectivity index (χ0v) is 47.6. The van der Waals surface area contributed by atoms with Gasteiger partial charge in [-0.25, -0.2) is 0 Å². The molecule has 70 heavy (non-hydrogen) atoms. The number of hydrogen-bond donors (Lipinski definition) is 0. The van der Waals surface area contributed by atoms with Crippen LogP contribution in [0.4, 0.5) is 0 Å². The van der Waals surface area contributed by atoms with Crippen LogP contribution in [-0.2, 0) is 28.6 Å². The Balaban J connectivity index is 4.50. The molecule has 0 heterocycles. The molecule has 0 rings (SSSR count). The van der Waals surface area contributed by atoms with Crippen molar-refractivity contribution in [2.45, 2.75) is 330 Å². The topological polar surface area (TPSA) is 78.9 Å². The van der Waals surface area contributed by atoms with E-state index in [1.54, 1.807) is 0 Å². The minimum Gasteiger partial charge on any atom is -0.465 e. The predicted octanol–water partition coefficient (Wildman–Crippen LogP) is 20.6. The lowest BCUT2D eigenvalue weighted by Gasteiger charge is -2.14. The number of allylic oxidation sites excluding steroid dienone is 2. The van der Waals surface area contributed by atoms with E-state index in [2.05, 4.69) is 58.9 Å². The maximum atomic E-state index is 12.8. The van der Waals surface area contributed by atoms with Gasteiger partial charge in [0.1, 0.15) is 0 Å². The second-order valence-electron chi connectivity index (χ2n) is 21.6. The molecule has 412 valence electrons. The minimum absolute atomic E-state index is 0.0267. The van der Waals surface area contributed by atoms with Crippen molar-refractivity contribution in [3.05, 3.63) is 24.3 Å². The lowest BCUT2D eigenvalue weighted by Crippen LogP contribution is -2.13. The number of carbonyl (C=O) groups is 3. The highest BCUT2D eigenvalue weighted by molar-refractivity contribution is 5.70. The summed E-state index contributed by atoms with van der Waals surface area (Å²) in [5.41, 5.74) is 0. The van der Waals surface area contributed by atoms with Crippen molar-refractivity contribution < 1.29 is 28.6 Å². The van der Waals surface area contributed by atoms with Crippen molar-refractivity contribution in [2.75, 3.05) is 19.8 Å². The Morgan fingerprint density at radius 2 is 0.600 bits per heavy atom. The molecule has 0 fully saturated rings. The molecule has 6 nitrogen and oxygen atoms in total. The molecule has 0 aromatic carbocycles. The Kier molecular flexibility index (Phi) is 54.5. The molecule has 0 radical (unpaired) electrons. The van der Waals surface area contributed by atoms with Crippen LogP contribution in [0.25, 0.3) is 0 Å². The Labute approximate surface area is 436 Å². The van der Waals surface area contributed by atoms with Crippen LogP contribution in [0.5, 0.6) is 0 Å². The van der Waals surface area contributed by atoms with Crippen LogP contribution in [0.15, 0.2) is 24.3 Å². The van der Waals surface area contributed by atoms with Crippen molar-refractivity contribution in [2.24, 2.45) is 17.8 Å². The van der Waals surface area contributed by atoms with Crippen LogP contribution in [0, 0.1) is 17.8 Å². The van der Waals surface area contributed by atoms with Gasteiger partial charge in [-0.15, -0.1) is 0 Å². The Hall–Kier alpha value is -2.11. The molecule has 3 unspecified atom stereocenters. The van der Waals surface area contributed by atoms with Crippen molar-refractivity contribution in [1.29, 1.82) is 0 Å². The summed E-state index contributed by atoms with van der Waals surface area (Å²) in [6.07, 6.45) is 63.2. The van der Waals surface area contributed by atoms with Crippen molar-refractivity contribution in [3.63, 3.8) is 0 Å². The van der Waals surface area contributed by atoms with Crippen LogP contribution < -0.4 is 0 Å². The normalized spacial score (nSPS) is 13.0. The molecule has 0 spiro atoms. The van der Waals surface area contributed by atoms with E-state index in [0.29, 0.717) is 45.0 Å². The quantitative estimate of drug-likeness (QED) is 0.0261. The molecule has 6 heteroatoms. The largest absolute Gasteiger partial charge is 0.465 e. The number of unbranched alkanes of at least 4 members (excludes halogenated alkanes) is 33. The summed E-state index contributed by atoms with van der Waals surface area (Å²) in [6.45, 7) is 12.8. The molecule has 0 aliphatic carbocycles. The van der Waals surface area contributed by atoms with Gasteiger partial charge in [0.15, 0.2) is 0 Å². The number of carbonyl (C=O) groups excluding carboxylic acids is 3. The van der Waals surface area contributed by atoms with E-state index >= 15 is 0 Å². The summed E-state index contributed by atoms with van der Waals surface area (Å²) >= 11 is 0. The van der Waals surface area contributed by atoms with Gasteiger partial charge in [0.25, 0.3) is 0 Å². The fourth-order valence-corrected chi connectivity index (χ4v) is 9.56. The monoisotopic (exact) mass is 985 g/mol. The van der Waals surface area contributed by atoms with Crippen molar-refractivity contribution in [3.8, 4) is 0 Å². The highest BCUT2D eigenvalue weighted by Crippen LogP contribution is 2.20. The summed E-state index contributed by atoms with van der Waals surface area (Å²) in [7, 11) is 0. The smallest absolute Gasteiger partial charge is 0.305 e. The summed E-state index contributed by atoms with van der Waals surface area (Å²) in [5, 5.41) is 0. The van der Waals surface area contributed by atoms with Crippen LogP contribution >= 0.6 is 0 Å². The average Bonchev–Trinajstić information content (AvgIpc) is 3.36. The van der Waals surface area contributed by atoms with Gasteiger partial charge in [-0.05, 0) is 70.1 Å². The summed E-state index contributed by atoms with van der Waals surface area (Å²) in [4.78, 5) is 37.8. The van der Waals surface area contributed by atoms with Crippen molar-refractivity contribution in [1.82, 2.24) is 0 Å². The third-order valence-electron chi connectivity index (χ3n) is 14.6. The molecule has 0 aromatic rings. The van der Waals surface area contributed by atoms with Crippen LogP contribution in [-0.4, -0.2) is 37.7 Å². The third-order valence-corrected chi connectivity index (χ3v) is 14.6. The molecule has 0 amide bonds. The van der Waals surface area contributed by atoms with E-state index in [9.17, 15) is 14.4 Å². The Bertz CT molecular complexity index is 1160. The Morgan fingerprint density at radius 1 is 0.314 bits per heavy atom. The molecule has 0 N–H and O–H groups in total. The molecule has 3 atom stereocenters. The van der Waals surface area contributed by atoms with Gasteiger partial charge >= 0.3 is 17.9 Å². The second-order valence-corrected chi connectivity index (χ2v) is 21.6. The maximum Gasteiger partial charge on any atom is 0.305 e. The lowest BCUT2D eigenvalue weighted by molar-refractivity contribution is -0.146. The highest BCUT2D eigenvalue weighted by Gasteiger charge is 2.13. The second kappa shape index (κ2) is 56.2. The molecule has 0 saturated carbocycles. The first-order chi connectivity index (χ1) is 34.4. The van der Waals surface area contributed by atoms with E-state index in [1.807, 2.05) is 0 Å². The highest BCUT2D eigenvalue weighted by atomic mass is 16.5. The summed E-state index contributed by atoms with van der Waals surface area (Å²) < 4.78 is 17.3. The zero-order valence-electron chi connectivity index (χ0n) is 47.6.